The lowest BCUT2D eigenvalue weighted by Crippen LogP contribution is -2.64. The fraction of sp³-hybridized carbons (Fsp3) is 0.966. The van der Waals surface area contributed by atoms with Gasteiger partial charge in [-0.05, 0) is 91.3 Å². The van der Waals surface area contributed by atoms with Crippen LogP contribution in [0, 0.1) is 52.3 Å². The minimum absolute atomic E-state index is 0.0338. The zero-order valence-corrected chi connectivity index (χ0v) is 21.4. The first-order valence-corrected chi connectivity index (χ1v) is 14.0. The van der Waals surface area contributed by atoms with Crippen LogP contribution in [0.4, 0.5) is 0 Å². The van der Waals surface area contributed by atoms with Gasteiger partial charge in [-0.15, -0.1) is 0 Å². The Hall–Kier alpha value is -0.570. The molecule has 0 aromatic heterocycles. The average Bonchev–Trinajstić information content (AvgIpc) is 3.23. The molecule has 1 aliphatic heterocycles. The Labute approximate surface area is 196 Å². The summed E-state index contributed by atoms with van der Waals surface area (Å²) in [6.07, 6.45) is 13.9. The average molecular weight is 445 g/mol. The number of carbonyl (C=O) groups excluding carboxylic acids is 1. The summed E-state index contributed by atoms with van der Waals surface area (Å²) in [6.45, 7) is 12.3. The number of esters is 1. The number of ether oxygens (including phenoxy) is 1. The van der Waals surface area contributed by atoms with Crippen LogP contribution >= 0.6 is 0 Å². The van der Waals surface area contributed by atoms with E-state index >= 15 is 0 Å². The molecule has 0 amide bonds. The molecule has 0 aromatic carbocycles. The first-order valence-electron chi connectivity index (χ1n) is 14.0. The Balaban J connectivity index is 1.33. The molecule has 5 fully saturated rings. The number of aliphatic hydroxyl groups is 1. The fourth-order valence-electron chi connectivity index (χ4n) is 10.2. The van der Waals surface area contributed by atoms with Crippen LogP contribution in [0.2, 0.25) is 0 Å². The lowest BCUT2D eigenvalue weighted by atomic mass is 9.42. The van der Waals surface area contributed by atoms with Gasteiger partial charge in [0.15, 0.2) is 0 Å². The second-order valence-electron chi connectivity index (χ2n) is 13.8. The molecule has 0 unspecified atom stereocenters. The van der Waals surface area contributed by atoms with Crippen molar-refractivity contribution < 1.29 is 14.6 Å². The summed E-state index contributed by atoms with van der Waals surface area (Å²) in [4.78, 5) is 12.0. The SMILES string of the molecule is CC(C)CCC[C@@H](C)[C@H]1CC[C@H]2[C@@H]3CC[C@@]4(O)C[C@@H]5OC(=O)C[C@H]5C[C@]4(C)[C@H]3CC[C@]12C. The van der Waals surface area contributed by atoms with E-state index in [1.165, 1.54) is 51.4 Å². The number of hydrogen-bond acceptors (Lipinski definition) is 3. The number of fused-ring (bicyclic) bond motifs is 6. The molecule has 32 heavy (non-hydrogen) atoms. The van der Waals surface area contributed by atoms with Crippen LogP contribution in [0.3, 0.4) is 0 Å². The second-order valence-corrected chi connectivity index (χ2v) is 13.8. The van der Waals surface area contributed by atoms with Crippen molar-refractivity contribution in [2.45, 2.75) is 123 Å². The highest BCUT2D eigenvalue weighted by molar-refractivity contribution is 5.72. The zero-order chi connectivity index (χ0) is 22.9. The van der Waals surface area contributed by atoms with E-state index < -0.39 is 5.60 Å². The van der Waals surface area contributed by atoms with E-state index in [1.807, 2.05) is 0 Å². The van der Waals surface area contributed by atoms with Gasteiger partial charge < -0.3 is 9.84 Å². The van der Waals surface area contributed by atoms with Crippen molar-refractivity contribution in [2.75, 3.05) is 0 Å². The molecule has 4 saturated carbocycles. The highest BCUT2D eigenvalue weighted by Crippen LogP contribution is 2.70. The van der Waals surface area contributed by atoms with E-state index in [9.17, 15) is 9.90 Å². The third-order valence-electron chi connectivity index (χ3n) is 11.9. The molecule has 0 aromatic rings. The van der Waals surface area contributed by atoms with E-state index in [2.05, 4.69) is 34.6 Å². The highest BCUT2D eigenvalue weighted by Gasteiger charge is 2.67. The maximum atomic E-state index is 12.0. The standard InChI is InChI=1S/C29H48O3/c1-18(2)7-6-8-19(3)22-9-10-23-21-11-14-29(31)17-25-20(15-26(30)32-25)16-28(29,5)24(21)12-13-27(22,23)4/h18-25,31H,6-17H2,1-5H3/t19-,20+,21+,22-,23+,24+,25+,27-,28-,29-/m1/s1. The van der Waals surface area contributed by atoms with Gasteiger partial charge in [0, 0.05) is 12.3 Å². The number of hydrogen-bond donors (Lipinski definition) is 1. The normalized spacial score (nSPS) is 50.9. The summed E-state index contributed by atoms with van der Waals surface area (Å²) in [7, 11) is 0. The van der Waals surface area contributed by atoms with Crippen molar-refractivity contribution in [1.29, 1.82) is 0 Å². The van der Waals surface area contributed by atoms with Crippen molar-refractivity contribution in [3.63, 3.8) is 0 Å². The van der Waals surface area contributed by atoms with Crippen LogP contribution in [0.1, 0.15) is 112 Å². The fourth-order valence-corrected chi connectivity index (χ4v) is 10.2. The van der Waals surface area contributed by atoms with Gasteiger partial charge in [-0.2, -0.15) is 0 Å². The highest BCUT2D eigenvalue weighted by atomic mass is 16.6. The molecule has 10 atom stereocenters. The lowest BCUT2D eigenvalue weighted by Gasteiger charge is -2.64. The van der Waals surface area contributed by atoms with Crippen molar-refractivity contribution in [1.82, 2.24) is 0 Å². The Morgan fingerprint density at radius 1 is 1.00 bits per heavy atom. The molecule has 1 heterocycles. The summed E-state index contributed by atoms with van der Waals surface area (Å²) >= 11 is 0. The van der Waals surface area contributed by atoms with E-state index in [-0.39, 0.29) is 17.5 Å². The third-order valence-corrected chi connectivity index (χ3v) is 11.9. The molecule has 3 heteroatoms. The molecule has 5 rings (SSSR count). The van der Waals surface area contributed by atoms with Crippen LogP contribution in [0.5, 0.6) is 0 Å². The van der Waals surface area contributed by atoms with Crippen LogP contribution < -0.4 is 0 Å². The van der Waals surface area contributed by atoms with Gasteiger partial charge >= 0.3 is 5.97 Å². The molecule has 0 spiro atoms. The predicted molar refractivity (Wildman–Crippen MR) is 128 cm³/mol. The smallest absolute Gasteiger partial charge is 0.306 e. The molecule has 5 aliphatic rings. The van der Waals surface area contributed by atoms with E-state index in [1.54, 1.807) is 0 Å². The maximum Gasteiger partial charge on any atom is 0.306 e. The first-order chi connectivity index (χ1) is 15.1. The molecule has 1 N–H and O–H groups in total. The van der Waals surface area contributed by atoms with Crippen LogP contribution in [0.15, 0.2) is 0 Å². The van der Waals surface area contributed by atoms with E-state index in [0.717, 1.165) is 42.4 Å². The molecule has 182 valence electrons. The van der Waals surface area contributed by atoms with Gasteiger partial charge in [-0.25, -0.2) is 0 Å². The van der Waals surface area contributed by atoms with Gasteiger partial charge in [0.05, 0.1) is 12.0 Å². The van der Waals surface area contributed by atoms with Crippen LogP contribution in [-0.2, 0) is 9.53 Å². The van der Waals surface area contributed by atoms with E-state index in [0.29, 0.717) is 30.1 Å². The molecule has 0 bridgehead atoms. The summed E-state index contributed by atoms with van der Waals surface area (Å²) in [5.41, 5.74) is -0.197. The van der Waals surface area contributed by atoms with Crippen molar-refractivity contribution >= 4 is 5.97 Å². The van der Waals surface area contributed by atoms with Crippen LogP contribution in [0.25, 0.3) is 0 Å². The molecular formula is C29H48O3. The summed E-state index contributed by atoms with van der Waals surface area (Å²) in [6, 6.07) is 0. The van der Waals surface area contributed by atoms with Crippen molar-refractivity contribution in [2.24, 2.45) is 52.3 Å². The summed E-state index contributed by atoms with van der Waals surface area (Å²) in [5, 5.41) is 11.9. The van der Waals surface area contributed by atoms with Gasteiger partial charge in [0.1, 0.15) is 6.10 Å². The lowest BCUT2D eigenvalue weighted by molar-refractivity contribution is -0.227. The number of carbonyl (C=O) groups is 1. The Morgan fingerprint density at radius 3 is 2.53 bits per heavy atom. The monoisotopic (exact) mass is 444 g/mol. The first kappa shape index (κ1) is 23.2. The largest absolute Gasteiger partial charge is 0.462 e. The Bertz CT molecular complexity index is 732. The van der Waals surface area contributed by atoms with Crippen molar-refractivity contribution in [3.8, 4) is 0 Å². The van der Waals surface area contributed by atoms with Crippen molar-refractivity contribution in [3.05, 3.63) is 0 Å². The van der Waals surface area contributed by atoms with E-state index in [4.69, 9.17) is 4.74 Å². The van der Waals surface area contributed by atoms with Crippen LogP contribution in [-0.4, -0.2) is 22.8 Å². The summed E-state index contributed by atoms with van der Waals surface area (Å²) < 4.78 is 5.63. The predicted octanol–water partition coefficient (Wildman–Crippen LogP) is 6.76. The van der Waals surface area contributed by atoms with Gasteiger partial charge in [0.2, 0.25) is 0 Å². The third kappa shape index (κ3) is 3.42. The second kappa shape index (κ2) is 7.99. The number of rotatable bonds is 5. The molecule has 1 saturated heterocycles. The summed E-state index contributed by atoms with van der Waals surface area (Å²) in [5.74, 6) is 5.05. The quantitative estimate of drug-likeness (QED) is 0.476. The Kier molecular flexibility index (Phi) is 5.79. The molecule has 0 radical (unpaired) electrons. The molecular weight excluding hydrogens is 396 g/mol. The van der Waals surface area contributed by atoms with Gasteiger partial charge in [0.25, 0.3) is 0 Å². The molecule has 3 nitrogen and oxygen atoms in total. The van der Waals surface area contributed by atoms with Gasteiger partial charge in [-0.3, -0.25) is 4.79 Å². The topological polar surface area (TPSA) is 46.5 Å². The minimum atomic E-state index is -0.643. The maximum absolute atomic E-state index is 12.0. The molecule has 4 aliphatic carbocycles. The zero-order valence-electron chi connectivity index (χ0n) is 21.4. The Morgan fingerprint density at radius 2 is 1.78 bits per heavy atom. The minimum Gasteiger partial charge on any atom is -0.462 e. The van der Waals surface area contributed by atoms with Gasteiger partial charge in [-0.1, -0.05) is 53.9 Å².